The van der Waals surface area contributed by atoms with Gasteiger partial charge in [-0.05, 0) is 25.3 Å². The molecule has 0 N–H and O–H groups in total. The minimum atomic E-state index is -0.466. The van der Waals surface area contributed by atoms with E-state index < -0.39 is 5.56 Å². The van der Waals surface area contributed by atoms with E-state index in [9.17, 15) is 4.79 Å². The van der Waals surface area contributed by atoms with Gasteiger partial charge in [-0.25, -0.2) is 0 Å². The lowest BCUT2D eigenvalue weighted by Crippen LogP contribution is -2.20. The highest BCUT2D eigenvalue weighted by atomic mass is 32.2. The minimum absolute atomic E-state index is 0.0944. The van der Waals surface area contributed by atoms with E-state index in [1.807, 2.05) is 47.2 Å². The third kappa shape index (κ3) is 2.03. The maximum absolute atomic E-state index is 11.7. The summed E-state index contributed by atoms with van der Waals surface area (Å²) in [6.45, 7) is 1.76. The molecule has 2 rings (SSSR count). The second-order valence-corrected chi connectivity index (χ2v) is 4.43. The predicted molar refractivity (Wildman–Crippen MR) is 71.1 cm³/mol. The smallest absolute Gasteiger partial charge is 0.291 e. The highest BCUT2D eigenvalue weighted by Gasteiger charge is 2.15. The highest BCUT2D eigenvalue weighted by molar-refractivity contribution is 7.98. The number of benzene rings is 1. The maximum atomic E-state index is 11.7. The van der Waals surface area contributed by atoms with E-state index in [1.54, 1.807) is 6.92 Å². The van der Waals surface area contributed by atoms with Gasteiger partial charge in [0.05, 0.1) is 0 Å². The summed E-state index contributed by atoms with van der Waals surface area (Å²) in [7, 11) is 0. The lowest BCUT2D eigenvalue weighted by atomic mass is 10.3. The summed E-state index contributed by atoms with van der Waals surface area (Å²) in [5.41, 5.74) is 0.520. The Kier molecular flexibility index (Phi) is 3.49. The van der Waals surface area contributed by atoms with E-state index in [0.717, 1.165) is 5.69 Å². The van der Waals surface area contributed by atoms with Gasteiger partial charge in [0, 0.05) is 5.69 Å². The predicted octanol–water partition coefficient (Wildman–Crippen LogP) is 2.13. The molecule has 0 unspecified atom stereocenters. The molecule has 18 heavy (non-hydrogen) atoms. The van der Waals surface area contributed by atoms with Crippen LogP contribution in [0.4, 0.5) is 0 Å². The van der Waals surface area contributed by atoms with Crippen LogP contribution in [0.25, 0.3) is 5.69 Å². The molecule has 0 fully saturated rings. The first-order valence-electron chi connectivity index (χ1n) is 5.32. The Morgan fingerprint density at radius 2 is 2.00 bits per heavy atom. The van der Waals surface area contributed by atoms with E-state index in [2.05, 4.69) is 4.98 Å². The van der Waals surface area contributed by atoms with Gasteiger partial charge in [-0.3, -0.25) is 9.36 Å². The summed E-state index contributed by atoms with van der Waals surface area (Å²) < 4.78 is 1.82. The van der Waals surface area contributed by atoms with Crippen LogP contribution in [0.5, 0.6) is 0 Å². The molecule has 1 aromatic heterocycles. The Bertz CT molecular complexity index is 671. The normalized spacial score (nSPS) is 10.1. The number of aromatic nitrogens is 2. The van der Waals surface area contributed by atoms with Crippen LogP contribution in [0.1, 0.15) is 11.4 Å². The number of hydrogen-bond donors (Lipinski definition) is 0. The second kappa shape index (κ2) is 5.07. The highest BCUT2D eigenvalue weighted by Crippen LogP contribution is 2.22. The average Bonchev–Trinajstić information content (AvgIpc) is 2.38. The first-order valence-corrected chi connectivity index (χ1v) is 6.54. The van der Waals surface area contributed by atoms with Crippen LogP contribution in [0.2, 0.25) is 0 Å². The van der Waals surface area contributed by atoms with Gasteiger partial charge in [-0.2, -0.15) is 10.2 Å². The average molecular weight is 257 g/mol. The van der Waals surface area contributed by atoms with E-state index >= 15 is 0 Å². The van der Waals surface area contributed by atoms with Gasteiger partial charge in [0.2, 0.25) is 0 Å². The number of thioether (sulfide) groups is 1. The molecule has 0 aliphatic carbocycles. The van der Waals surface area contributed by atoms with Crippen LogP contribution in [0.3, 0.4) is 0 Å². The zero-order valence-electron chi connectivity index (χ0n) is 10.0. The Labute approximate surface area is 109 Å². The third-order valence-corrected chi connectivity index (χ3v) is 3.31. The molecule has 5 heteroatoms. The minimum Gasteiger partial charge on any atom is -0.291 e. The Morgan fingerprint density at radius 1 is 1.33 bits per heavy atom. The van der Waals surface area contributed by atoms with Gasteiger partial charge in [-0.15, -0.1) is 11.8 Å². The third-order valence-electron chi connectivity index (χ3n) is 2.54. The Morgan fingerprint density at radius 3 is 2.56 bits per heavy atom. The van der Waals surface area contributed by atoms with E-state index in [-0.39, 0.29) is 5.56 Å². The van der Waals surface area contributed by atoms with Gasteiger partial charge in [-0.1, -0.05) is 18.2 Å². The number of nitriles is 1. The summed E-state index contributed by atoms with van der Waals surface area (Å²) in [5.74, 6) is 0.578. The van der Waals surface area contributed by atoms with Crippen LogP contribution < -0.4 is 5.56 Å². The van der Waals surface area contributed by atoms with Crippen LogP contribution in [-0.2, 0) is 0 Å². The lowest BCUT2D eigenvalue weighted by Gasteiger charge is -2.15. The monoisotopic (exact) mass is 257 g/mol. The van der Waals surface area contributed by atoms with Crippen LogP contribution in [-0.4, -0.2) is 15.8 Å². The number of hydrogen-bond acceptors (Lipinski definition) is 4. The topological polar surface area (TPSA) is 58.7 Å². The summed E-state index contributed by atoms with van der Waals surface area (Å²) >= 11 is 1.37. The first kappa shape index (κ1) is 12.4. The van der Waals surface area contributed by atoms with Crippen molar-refractivity contribution in [2.75, 3.05) is 6.26 Å². The largest absolute Gasteiger partial charge is 0.292 e. The summed E-state index contributed by atoms with van der Waals surface area (Å²) in [6.07, 6.45) is 1.84. The molecule has 0 radical (unpaired) electrons. The van der Waals surface area contributed by atoms with Crippen LogP contribution in [0, 0.1) is 18.3 Å². The lowest BCUT2D eigenvalue weighted by molar-refractivity contribution is 0.798. The number of para-hydroxylation sites is 1. The van der Waals surface area contributed by atoms with Crippen molar-refractivity contribution < 1.29 is 0 Å². The van der Waals surface area contributed by atoms with E-state index in [4.69, 9.17) is 5.26 Å². The molecule has 0 aliphatic heterocycles. The molecular formula is C13H11N3OS. The SMILES string of the molecule is CSc1c(C#N)c(=O)nc(C)n1-c1ccccc1. The molecule has 0 bridgehead atoms. The zero-order chi connectivity index (χ0) is 13.1. The fraction of sp³-hybridized carbons (Fsp3) is 0.154. The van der Waals surface area contributed by atoms with Crippen molar-refractivity contribution in [2.24, 2.45) is 0 Å². The number of aryl methyl sites for hydroxylation is 1. The summed E-state index contributed by atoms with van der Waals surface area (Å²) in [5, 5.41) is 9.70. The molecule has 2 aromatic rings. The molecule has 1 heterocycles. The standard InChI is InChI=1S/C13H11N3OS/c1-9-15-12(17)11(8-14)13(18-2)16(9)10-6-4-3-5-7-10/h3-7H,1-2H3. The van der Waals surface area contributed by atoms with Crippen molar-refractivity contribution in [3.8, 4) is 11.8 Å². The molecule has 90 valence electrons. The van der Waals surface area contributed by atoms with Gasteiger partial charge in [0.25, 0.3) is 5.56 Å². The van der Waals surface area contributed by atoms with Gasteiger partial charge in [0.1, 0.15) is 22.5 Å². The molecule has 4 nitrogen and oxygen atoms in total. The summed E-state index contributed by atoms with van der Waals surface area (Å²) in [4.78, 5) is 15.6. The van der Waals surface area contributed by atoms with Crippen molar-refractivity contribution in [1.29, 1.82) is 5.26 Å². The molecule has 0 saturated heterocycles. The van der Waals surface area contributed by atoms with Crippen molar-refractivity contribution in [3.63, 3.8) is 0 Å². The van der Waals surface area contributed by atoms with E-state index in [0.29, 0.717) is 10.9 Å². The molecule has 1 aromatic carbocycles. The van der Waals surface area contributed by atoms with Crippen LogP contribution >= 0.6 is 11.8 Å². The molecule has 0 aliphatic rings. The number of nitrogens with zero attached hydrogens (tertiary/aromatic N) is 3. The number of rotatable bonds is 2. The van der Waals surface area contributed by atoms with Gasteiger partial charge >= 0.3 is 0 Å². The Hall–Kier alpha value is -2.06. The van der Waals surface area contributed by atoms with E-state index in [1.165, 1.54) is 11.8 Å². The molecular weight excluding hydrogens is 246 g/mol. The second-order valence-electron chi connectivity index (χ2n) is 3.63. The first-order chi connectivity index (χ1) is 8.69. The van der Waals surface area contributed by atoms with Crippen molar-refractivity contribution in [2.45, 2.75) is 11.9 Å². The van der Waals surface area contributed by atoms with Gasteiger partial charge < -0.3 is 0 Å². The molecule has 0 saturated carbocycles. The van der Waals surface area contributed by atoms with Crippen molar-refractivity contribution >= 4 is 11.8 Å². The van der Waals surface area contributed by atoms with Crippen molar-refractivity contribution in [1.82, 2.24) is 9.55 Å². The van der Waals surface area contributed by atoms with Crippen LogP contribution in [0.15, 0.2) is 40.2 Å². The van der Waals surface area contributed by atoms with Crippen molar-refractivity contribution in [3.05, 3.63) is 52.1 Å². The molecule has 0 atom stereocenters. The zero-order valence-corrected chi connectivity index (χ0v) is 10.9. The fourth-order valence-electron chi connectivity index (χ4n) is 1.77. The van der Waals surface area contributed by atoms with Gasteiger partial charge in [0.15, 0.2) is 0 Å². The molecule has 0 amide bonds. The maximum Gasteiger partial charge on any atom is 0.292 e. The molecule has 0 spiro atoms. The quantitative estimate of drug-likeness (QED) is 0.611. The Balaban J connectivity index is 2.83. The summed E-state index contributed by atoms with van der Waals surface area (Å²) in [6, 6.07) is 11.5. The fourth-order valence-corrected chi connectivity index (χ4v) is 2.53.